The first-order chi connectivity index (χ1) is 19.6. The molecule has 0 amide bonds. The van der Waals surface area contributed by atoms with Crippen LogP contribution in [0.1, 0.15) is 22.3 Å². The van der Waals surface area contributed by atoms with Crippen LogP contribution >= 0.6 is 12.4 Å². The molecule has 0 spiro atoms. The highest BCUT2D eigenvalue weighted by molar-refractivity contribution is 5.96. The largest absolute Gasteiger partial charge is 0.573 e. The number of anilines is 1. The van der Waals surface area contributed by atoms with Gasteiger partial charge in [0.2, 0.25) is 5.95 Å². The van der Waals surface area contributed by atoms with Gasteiger partial charge in [0.15, 0.2) is 16.9 Å². The van der Waals surface area contributed by atoms with Gasteiger partial charge in [-0.3, -0.25) is 23.3 Å². The van der Waals surface area contributed by atoms with Crippen molar-refractivity contribution in [2.45, 2.75) is 31.9 Å². The molecule has 2 unspecified atom stereocenters. The molecule has 10 nitrogen and oxygen atoms in total. The van der Waals surface area contributed by atoms with E-state index in [1.54, 1.807) is 41.0 Å². The van der Waals surface area contributed by atoms with Gasteiger partial charge in [-0.25, -0.2) is 4.79 Å². The van der Waals surface area contributed by atoms with Crippen molar-refractivity contribution in [3.05, 3.63) is 86.6 Å². The van der Waals surface area contributed by atoms with Crippen LogP contribution in [0.25, 0.3) is 11.2 Å². The maximum atomic E-state index is 13.9. The lowest BCUT2D eigenvalue weighted by Crippen LogP contribution is -2.41. The van der Waals surface area contributed by atoms with Gasteiger partial charge < -0.3 is 15.0 Å². The number of para-hydroxylation sites is 1. The van der Waals surface area contributed by atoms with Crippen LogP contribution in [0.5, 0.6) is 5.75 Å². The zero-order valence-electron chi connectivity index (χ0n) is 22.5. The molecule has 2 atom stereocenters. The number of ketones is 1. The number of carbonyl (C=O) groups is 1. The molecule has 2 aromatic carbocycles. The third kappa shape index (κ3) is 5.29. The standard InChI is InChI=1S/C28H27F3N6O4.ClH/c1-34-24-23(25(39)37(27(34)40)16-21(38)17-7-3-2-4-8-17)36(15-19-9-5-6-10-22(19)41-28(29,30)31)26(33-24)35-12-11-18-13-32-14-20(18)35;/h2-10,18,20,32H,11-16H2,1H3;1H. The number of benzene rings is 2. The lowest BCUT2D eigenvalue weighted by atomic mass is 10.1. The molecule has 6 rings (SSSR count). The van der Waals surface area contributed by atoms with Gasteiger partial charge in [0, 0.05) is 43.9 Å². The van der Waals surface area contributed by atoms with Crippen LogP contribution in [0.4, 0.5) is 19.1 Å². The summed E-state index contributed by atoms with van der Waals surface area (Å²) in [5.74, 6) is -0.108. The molecule has 0 radical (unpaired) electrons. The Balaban J connectivity index is 0.00000353. The van der Waals surface area contributed by atoms with E-state index in [2.05, 4.69) is 10.1 Å². The Morgan fingerprint density at radius 3 is 2.50 bits per heavy atom. The number of rotatable bonds is 7. The smallest absolute Gasteiger partial charge is 0.405 e. The fourth-order valence-electron chi connectivity index (χ4n) is 5.85. The van der Waals surface area contributed by atoms with Crippen molar-refractivity contribution < 1.29 is 22.7 Å². The number of fused-ring (bicyclic) bond motifs is 2. The van der Waals surface area contributed by atoms with Crippen LogP contribution in [-0.4, -0.2) is 56.5 Å². The number of imidazole rings is 1. The summed E-state index contributed by atoms with van der Waals surface area (Å²) in [7, 11) is 1.46. The van der Waals surface area contributed by atoms with Crippen molar-refractivity contribution in [3.8, 4) is 5.75 Å². The molecular weight excluding hydrogens is 577 g/mol. The molecule has 0 saturated carbocycles. The SMILES string of the molecule is Cl.Cn1c(=O)n(CC(=O)c2ccccc2)c(=O)c2c1nc(N1CCC3CNCC31)n2Cc1ccccc1OC(F)(F)F. The zero-order valence-corrected chi connectivity index (χ0v) is 23.3. The number of halogens is 4. The fourth-order valence-corrected chi connectivity index (χ4v) is 5.85. The van der Waals surface area contributed by atoms with Gasteiger partial charge in [0.25, 0.3) is 5.56 Å². The molecule has 2 aromatic heterocycles. The average molecular weight is 605 g/mol. The highest BCUT2D eigenvalue weighted by Gasteiger charge is 2.40. The predicted octanol–water partition coefficient (Wildman–Crippen LogP) is 2.95. The van der Waals surface area contributed by atoms with E-state index < -0.39 is 35.7 Å². The first-order valence-corrected chi connectivity index (χ1v) is 13.2. The van der Waals surface area contributed by atoms with Gasteiger partial charge in [-0.05, 0) is 18.4 Å². The first-order valence-electron chi connectivity index (χ1n) is 13.2. The number of nitrogens with zero attached hydrogens (tertiary/aromatic N) is 5. The van der Waals surface area contributed by atoms with E-state index in [0.29, 0.717) is 30.5 Å². The minimum Gasteiger partial charge on any atom is -0.405 e. The van der Waals surface area contributed by atoms with Gasteiger partial charge in [-0.2, -0.15) is 4.98 Å². The molecule has 0 bridgehead atoms. The number of alkyl halides is 3. The number of aryl methyl sites for hydroxylation is 1. The van der Waals surface area contributed by atoms with Gasteiger partial charge in [-0.15, -0.1) is 25.6 Å². The Labute approximate surface area is 243 Å². The molecule has 14 heteroatoms. The van der Waals surface area contributed by atoms with E-state index in [4.69, 9.17) is 4.98 Å². The van der Waals surface area contributed by atoms with Gasteiger partial charge in [0.1, 0.15) is 5.75 Å². The quantitative estimate of drug-likeness (QED) is 0.324. The molecule has 2 fully saturated rings. The lowest BCUT2D eigenvalue weighted by molar-refractivity contribution is -0.274. The Kier molecular flexibility index (Phi) is 7.90. The highest BCUT2D eigenvalue weighted by Crippen LogP contribution is 2.34. The highest BCUT2D eigenvalue weighted by atomic mass is 35.5. The first kappa shape index (κ1) is 29.4. The normalized spacial score (nSPS) is 18.2. The van der Waals surface area contributed by atoms with Gasteiger partial charge in [0.05, 0.1) is 13.1 Å². The average Bonchev–Trinajstić information content (AvgIpc) is 3.66. The van der Waals surface area contributed by atoms with E-state index in [-0.39, 0.29) is 41.7 Å². The maximum Gasteiger partial charge on any atom is 0.573 e. The van der Waals surface area contributed by atoms with Gasteiger partial charge >= 0.3 is 12.1 Å². The summed E-state index contributed by atoms with van der Waals surface area (Å²) in [4.78, 5) is 47.0. The zero-order chi connectivity index (χ0) is 28.9. The monoisotopic (exact) mass is 604 g/mol. The summed E-state index contributed by atoms with van der Waals surface area (Å²) < 4.78 is 47.5. The summed E-state index contributed by atoms with van der Waals surface area (Å²) >= 11 is 0. The van der Waals surface area contributed by atoms with Crippen molar-refractivity contribution in [1.82, 2.24) is 24.0 Å². The van der Waals surface area contributed by atoms with Crippen LogP contribution in [0, 0.1) is 5.92 Å². The van der Waals surface area contributed by atoms with Crippen LogP contribution in [-0.2, 0) is 20.1 Å². The Morgan fingerprint density at radius 1 is 1.05 bits per heavy atom. The van der Waals surface area contributed by atoms with Crippen LogP contribution in [0.3, 0.4) is 0 Å². The minimum absolute atomic E-state index is 0. The van der Waals surface area contributed by atoms with Gasteiger partial charge in [-0.1, -0.05) is 48.5 Å². The summed E-state index contributed by atoms with van der Waals surface area (Å²) in [5, 5.41) is 3.36. The Morgan fingerprint density at radius 2 is 1.76 bits per heavy atom. The van der Waals surface area contributed by atoms with E-state index >= 15 is 0 Å². The molecule has 2 aliphatic heterocycles. The molecule has 4 heterocycles. The van der Waals surface area contributed by atoms with Crippen molar-refractivity contribution >= 4 is 35.3 Å². The summed E-state index contributed by atoms with van der Waals surface area (Å²) in [6.45, 7) is 1.47. The number of ether oxygens (including phenoxy) is 1. The summed E-state index contributed by atoms with van der Waals surface area (Å²) in [5.41, 5.74) is -0.857. The molecule has 2 saturated heterocycles. The fraction of sp³-hybridized carbons (Fsp3) is 0.357. The summed E-state index contributed by atoms with van der Waals surface area (Å²) in [6.07, 6.45) is -4.04. The lowest BCUT2D eigenvalue weighted by Gasteiger charge is -2.25. The van der Waals surface area contributed by atoms with Crippen molar-refractivity contribution in [2.24, 2.45) is 13.0 Å². The predicted molar refractivity (Wildman–Crippen MR) is 152 cm³/mol. The number of Topliss-reactive ketones (excluding diaryl/α,β-unsaturated/α-hetero) is 1. The number of carbonyl (C=O) groups excluding carboxylic acids is 1. The maximum absolute atomic E-state index is 13.9. The number of nitrogens with one attached hydrogen (secondary N) is 1. The number of hydrogen-bond acceptors (Lipinski definition) is 7. The minimum atomic E-state index is -4.91. The second kappa shape index (κ2) is 11.3. The Bertz CT molecular complexity index is 1750. The topological polar surface area (TPSA) is 103 Å². The van der Waals surface area contributed by atoms with Crippen molar-refractivity contribution in [3.63, 3.8) is 0 Å². The molecule has 2 aliphatic rings. The molecule has 4 aromatic rings. The van der Waals surface area contributed by atoms with Crippen molar-refractivity contribution in [2.75, 3.05) is 24.5 Å². The van der Waals surface area contributed by atoms with E-state index in [1.807, 2.05) is 4.90 Å². The third-order valence-corrected chi connectivity index (χ3v) is 7.84. The molecule has 222 valence electrons. The van der Waals surface area contributed by atoms with E-state index in [0.717, 1.165) is 17.5 Å². The Hall–Kier alpha value is -4.10. The molecule has 42 heavy (non-hydrogen) atoms. The van der Waals surface area contributed by atoms with Crippen molar-refractivity contribution in [1.29, 1.82) is 0 Å². The van der Waals surface area contributed by atoms with E-state index in [1.165, 1.54) is 29.8 Å². The number of hydrogen-bond donors (Lipinski definition) is 1. The van der Waals surface area contributed by atoms with Crippen LogP contribution in [0.15, 0.2) is 64.2 Å². The van der Waals surface area contributed by atoms with E-state index in [9.17, 15) is 27.6 Å². The van der Waals surface area contributed by atoms with Crippen LogP contribution in [0.2, 0.25) is 0 Å². The molecular formula is C28H28ClF3N6O4. The molecule has 1 N–H and O–H groups in total. The summed E-state index contributed by atoms with van der Waals surface area (Å²) in [6, 6.07) is 14.1. The van der Waals surface area contributed by atoms with Crippen LogP contribution < -0.4 is 26.2 Å². The number of aromatic nitrogens is 4. The third-order valence-electron chi connectivity index (χ3n) is 7.84. The second-order valence-corrected chi connectivity index (χ2v) is 10.3. The molecule has 0 aliphatic carbocycles. The second-order valence-electron chi connectivity index (χ2n) is 10.3.